The highest BCUT2D eigenvalue weighted by Crippen LogP contribution is 2.34. The van der Waals surface area contributed by atoms with Crippen LogP contribution >= 0.6 is 0 Å². The second-order valence-electron chi connectivity index (χ2n) is 7.98. The maximum absolute atomic E-state index is 14.4. The van der Waals surface area contributed by atoms with Crippen LogP contribution in [0, 0.1) is 11.6 Å². The summed E-state index contributed by atoms with van der Waals surface area (Å²) in [5.41, 5.74) is 7.98. The van der Waals surface area contributed by atoms with E-state index in [4.69, 9.17) is 15.5 Å². The van der Waals surface area contributed by atoms with Crippen molar-refractivity contribution in [1.29, 1.82) is 0 Å². The number of rotatable bonds is 4. The molecule has 5 rings (SSSR count). The molecule has 3 heterocycles. The number of nitrogens with two attached hydrogens (primary N) is 1. The van der Waals surface area contributed by atoms with Gasteiger partial charge in [0.1, 0.15) is 17.5 Å². The summed E-state index contributed by atoms with van der Waals surface area (Å²) >= 11 is 0. The molecule has 0 radical (unpaired) electrons. The van der Waals surface area contributed by atoms with Gasteiger partial charge in [0, 0.05) is 47.9 Å². The van der Waals surface area contributed by atoms with E-state index in [1.165, 1.54) is 18.2 Å². The molecule has 0 aliphatic carbocycles. The fourth-order valence-corrected chi connectivity index (χ4v) is 4.16. The Bertz CT molecular complexity index is 1260. The van der Waals surface area contributed by atoms with Gasteiger partial charge in [-0.1, -0.05) is 12.1 Å². The molecule has 0 atom stereocenters. The number of nitrogens with one attached hydrogen (secondary N) is 1. The molecule has 4 aromatic rings. The topological polar surface area (TPSA) is 80.1 Å². The highest BCUT2D eigenvalue weighted by molar-refractivity contribution is 5.96. The van der Waals surface area contributed by atoms with Gasteiger partial charge in [-0.05, 0) is 42.7 Å². The van der Waals surface area contributed by atoms with Crippen molar-refractivity contribution in [2.75, 3.05) is 25.1 Å². The van der Waals surface area contributed by atoms with E-state index in [-0.39, 0.29) is 11.6 Å². The zero-order chi connectivity index (χ0) is 22.2. The first kappa shape index (κ1) is 20.4. The summed E-state index contributed by atoms with van der Waals surface area (Å²) in [6.45, 7) is 1.62. The fraction of sp³-hybridized carbons (Fsp3) is 0.250. The molecule has 8 heteroatoms. The zero-order valence-electron chi connectivity index (χ0n) is 17.6. The van der Waals surface area contributed by atoms with E-state index in [1.54, 1.807) is 31.5 Å². The number of hydrogen-bond acceptors (Lipinski definition) is 5. The van der Waals surface area contributed by atoms with Gasteiger partial charge in [0.25, 0.3) is 0 Å². The van der Waals surface area contributed by atoms with E-state index < -0.39 is 11.6 Å². The average Bonchev–Trinajstić information content (AvgIpc) is 3.22. The number of anilines is 1. The summed E-state index contributed by atoms with van der Waals surface area (Å²) in [5.74, 6) is 0.482. The minimum absolute atomic E-state index is 0.0570. The molecule has 32 heavy (non-hydrogen) atoms. The van der Waals surface area contributed by atoms with E-state index in [2.05, 4.69) is 14.9 Å². The number of nitrogens with zero attached hydrogens (tertiary/aromatic N) is 3. The van der Waals surface area contributed by atoms with Crippen molar-refractivity contribution in [1.82, 2.24) is 15.0 Å². The summed E-state index contributed by atoms with van der Waals surface area (Å²) < 4.78 is 34.2. The second kappa shape index (κ2) is 8.20. The molecule has 1 aliphatic heterocycles. The minimum atomic E-state index is -0.607. The van der Waals surface area contributed by atoms with Crippen LogP contribution < -0.4 is 15.4 Å². The van der Waals surface area contributed by atoms with Crippen LogP contribution in [0.15, 0.2) is 48.7 Å². The van der Waals surface area contributed by atoms with Crippen LogP contribution in [0.4, 0.5) is 14.6 Å². The SMILES string of the molecule is COc1cc(N2CCC(N)CC2)nc(-c2c[nH]c3ccc(-c4c(F)cccc4F)cc23)n1. The van der Waals surface area contributed by atoms with E-state index >= 15 is 0 Å². The Kier molecular flexibility index (Phi) is 5.22. The van der Waals surface area contributed by atoms with Crippen molar-refractivity contribution < 1.29 is 13.5 Å². The first-order chi connectivity index (χ1) is 15.5. The van der Waals surface area contributed by atoms with Crippen LogP contribution in [-0.4, -0.2) is 41.2 Å². The molecular weight excluding hydrogens is 412 g/mol. The molecule has 0 bridgehead atoms. The Morgan fingerprint density at radius 3 is 2.53 bits per heavy atom. The van der Waals surface area contributed by atoms with Gasteiger partial charge in [-0.25, -0.2) is 13.8 Å². The van der Waals surface area contributed by atoms with Crippen LogP contribution in [0.5, 0.6) is 5.88 Å². The molecule has 3 N–H and O–H groups in total. The quantitative estimate of drug-likeness (QED) is 0.493. The smallest absolute Gasteiger partial charge is 0.218 e. The summed E-state index contributed by atoms with van der Waals surface area (Å²) in [6, 6.07) is 11.1. The normalized spacial score (nSPS) is 14.8. The lowest BCUT2D eigenvalue weighted by Gasteiger charge is -2.31. The van der Waals surface area contributed by atoms with Gasteiger partial charge in [-0.3, -0.25) is 0 Å². The molecular formula is C24H23F2N5O. The maximum Gasteiger partial charge on any atom is 0.218 e. The number of benzene rings is 2. The Labute approximate surface area is 184 Å². The Morgan fingerprint density at radius 2 is 1.81 bits per heavy atom. The van der Waals surface area contributed by atoms with Gasteiger partial charge < -0.3 is 20.4 Å². The van der Waals surface area contributed by atoms with Crippen molar-refractivity contribution in [3.63, 3.8) is 0 Å². The molecule has 164 valence electrons. The van der Waals surface area contributed by atoms with Crippen LogP contribution in [-0.2, 0) is 0 Å². The number of hydrogen-bond donors (Lipinski definition) is 2. The number of aromatic nitrogens is 3. The molecule has 0 saturated carbocycles. The first-order valence-corrected chi connectivity index (χ1v) is 10.5. The molecule has 0 unspecified atom stereocenters. The molecule has 0 spiro atoms. The second-order valence-corrected chi connectivity index (χ2v) is 7.98. The van der Waals surface area contributed by atoms with Crippen LogP contribution in [0.25, 0.3) is 33.4 Å². The number of piperidine rings is 1. The molecule has 2 aromatic heterocycles. The summed E-state index contributed by atoms with van der Waals surface area (Å²) in [6.07, 6.45) is 3.59. The van der Waals surface area contributed by atoms with Gasteiger partial charge in [-0.2, -0.15) is 4.98 Å². The Hall–Kier alpha value is -3.52. The minimum Gasteiger partial charge on any atom is -0.481 e. The highest BCUT2D eigenvalue weighted by atomic mass is 19.1. The maximum atomic E-state index is 14.4. The highest BCUT2D eigenvalue weighted by Gasteiger charge is 2.21. The summed E-state index contributed by atoms with van der Waals surface area (Å²) in [7, 11) is 1.57. The predicted molar refractivity (Wildman–Crippen MR) is 121 cm³/mol. The predicted octanol–water partition coefficient (Wildman–Crippen LogP) is 4.51. The van der Waals surface area contributed by atoms with Crippen molar-refractivity contribution in [3.8, 4) is 28.4 Å². The molecule has 1 aliphatic rings. The Morgan fingerprint density at radius 1 is 1.06 bits per heavy atom. The third-order valence-corrected chi connectivity index (χ3v) is 5.94. The molecule has 6 nitrogen and oxygen atoms in total. The lowest BCUT2D eigenvalue weighted by molar-refractivity contribution is 0.397. The number of aromatic amines is 1. The van der Waals surface area contributed by atoms with Crippen LogP contribution in [0.3, 0.4) is 0 Å². The number of ether oxygens (including phenoxy) is 1. The van der Waals surface area contributed by atoms with E-state index in [1.807, 2.05) is 6.07 Å². The first-order valence-electron chi connectivity index (χ1n) is 10.5. The van der Waals surface area contributed by atoms with Gasteiger partial charge in [0.2, 0.25) is 5.88 Å². The van der Waals surface area contributed by atoms with Crippen molar-refractivity contribution in [2.24, 2.45) is 5.73 Å². The molecule has 2 aromatic carbocycles. The standard InChI is InChI=1S/C24H23F2N5O/c1-32-22-12-21(31-9-7-15(27)8-10-31)29-24(30-22)17-13-28-20-6-5-14(11-16(17)20)23-18(25)3-2-4-19(23)26/h2-6,11-13,15,28H,7-10,27H2,1H3. The molecule has 1 fully saturated rings. The van der Waals surface area contributed by atoms with Crippen LogP contribution in [0.1, 0.15) is 12.8 Å². The average molecular weight is 435 g/mol. The lowest BCUT2D eigenvalue weighted by Crippen LogP contribution is -2.40. The van der Waals surface area contributed by atoms with Gasteiger partial charge >= 0.3 is 0 Å². The number of fused-ring (bicyclic) bond motifs is 1. The zero-order valence-corrected chi connectivity index (χ0v) is 17.6. The third-order valence-electron chi connectivity index (χ3n) is 5.94. The lowest BCUT2D eigenvalue weighted by atomic mass is 10.0. The van der Waals surface area contributed by atoms with E-state index in [0.29, 0.717) is 17.3 Å². The number of methoxy groups -OCH3 is 1. The van der Waals surface area contributed by atoms with Crippen LogP contribution in [0.2, 0.25) is 0 Å². The van der Waals surface area contributed by atoms with Crippen molar-refractivity contribution in [2.45, 2.75) is 18.9 Å². The largest absolute Gasteiger partial charge is 0.481 e. The van der Waals surface area contributed by atoms with Gasteiger partial charge in [-0.15, -0.1) is 0 Å². The van der Waals surface area contributed by atoms with Gasteiger partial charge in [0.15, 0.2) is 5.82 Å². The van der Waals surface area contributed by atoms with E-state index in [0.717, 1.165) is 48.2 Å². The van der Waals surface area contributed by atoms with Gasteiger partial charge in [0.05, 0.1) is 12.7 Å². The molecule has 1 saturated heterocycles. The van der Waals surface area contributed by atoms with Crippen molar-refractivity contribution in [3.05, 3.63) is 60.3 Å². The fourth-order valence-electron chi connectivity index (χ4n) is 4.16. The molecule has 0 amide bonds. The monoisotopic (exact) mass is 435 g/mol. The number of halogens is 2. The van der Waals surface area contributed by atoms with Crippen molar-refractivity contribution >= 4 is 16.7 Å². The third kappa shape index (κ3) is 3.67. The number of H-pyrrole nitrogens is 1. The Balaban J connectivity index is 1.61. The van der Waals surface area contributed by atoms with E-state index in [9.17, 15) is 8.78 Å². The summed E-state index contributed by atoms with van der Waals surface area (Å²) in [4.78, 5) is 14.7. The summed E-state index contributed by atoms with van der Waals surface area (Å²) in [5, 5.41) is 0.769.